The van der Waals surface area contributed by atoms with Crippen LogP contribution in [0, 0.1) is 17.0 Å². The minimum absolute atomic E-state index is 0.0117. The summed E-state index contributed by atoms with van der Waals surface area (Å²) in [7, 11) is 0. The molecule has 0 bridgehead atoms. The fraction of sp³-hybridized carbons (Fsp3) is 0.0714. The molecule has 0 spiro atoms. The Labute approximate surface area is 119 Å². The largest absolute Gasteiger partial charge is 0.488 e. The maximum Gasteiger partial charge on any atom is 0.159 e. The smallest absolute Gasteiger partial charge is 0.159 e. The summed E-state index contributed by atoms with van der Waals surface area (Å²) >= 11 is 5.94. The Morgan fingerprint density at radius 3 is 2.60 bits per heavy atom. The van der Waals surface area contributed by atoms with Crippen LogP contribution < -0.4 is 10.5 Å². The summed E-state index contributed by atoms with van der Waals surface area (Å²) in [6, 6.07) is 8.32. The van der Waals surface area contributed by atoms with Gasteiger partial charge in [0.25, 0.3) is 0 Å². The Morgan fingerprint density at radius 1 is 1.20 bits per heavy atom. The third-order valence-electron chi connectivity index (χ3n) is 2.62. The summed E-state index contributed by atoms with van der Waals surface area (Å²) in [5, 5.41) is 7.76. The van der Waals surface area contributed by atoms with Gasteiger partial charge in [-0.1, -0.05) is 23.7 Å². The molecule has 3 nitrogen and oxygen atoms in total. The van der Waals surface area contributed by atoms with Gasteiger partial charge in [0.1, 0.15) is 18.2 Å². The van der Waals surface area contributed by atoms with Gasteiger partial charge in [0.15, 0.2) is 11.6 Å². The molecular formula is C14H11ClF2N2O. The minimum Gasteiger partial charge on any atom is -0.488 e. The van der Waals surface area contributed by atoms with E-state index in [1.165, 1.54) is 6.07 Å². The summed E-state index contributed by atoms with van der Waals surface area (Å²) in [6.07, 6.45) is 0. The predicted octanol–water partition coefficient (Wildman–Crippen LogP) is 3.48. The van der Waals surface area contributed by atoms with Crippen molar-refractivity contribution in [3.63, 3.8) is 0 Å². The van der Waals surface area contributed by atoms with Crippen molar-refractivity contribution in [3.8, 4) is 5.75 Å². The van der Waals surface area contributed by atoms with Gasteiger partial charge >= 0.3 is 0 Å². The Kier molecular flexibility index (Phi) is 4.20. The summed E-state index contributed by atoms with van der Waals surface area (Å²) < 4.78 is 31.3. The standard InChI is InChI=1S/C14H11ClF2N2O/c15-9-2-1-3-12(13(9)14(18)19)20-7-8-4-5-10(16)11(17)6-8/h1-6H,7H2,(H3,18,19). The normalized spacial score (nSPS) is 10.3. The zero-order valence-corrected chi connectivity index (χ0v) is 11.0. The van der Waals surface area contributed by atoms with Crippen molar-refractivity contribution >= 4 is 17.4 Å². The molecule has 0 radical (unpaired) electrons. The molecule has 2 aromatic rings. The molecule has 0 amide bonds. The quantitative estimate of drug-likeness (QED) is 0.670. The molecule has 0 saturated carbocycles. The highest BCUT2D eigenvalue weighted by Gasteiger charge is 2.11. The van der Waals surface area contributed by atoms with E-state index in [1.54, 1.807) is 18.2 Å². The molecule has 2 rings (SSSR count). The van der Waals surface area contributed by atoms with Crippen LogP contribution in [0.25, 0.3) is 0 Å². The van der Waals surface area contributed by atoms with Crippen LogP contribution in [0.2, 0.25) is 5.02 Å². The molecule has 0 aliphatic carbocycles. The zero-order valence-electron chi connectivity index (χ0n) is 10.3. The molecule has 0 heterocycles. The first kappa shape index (κ1) is 14.3. The van der Waals surface area contributed by atoms with Crippen molar-refractivity contribution in [2.45, 2.75) is 6.61 Å². The van der Waals surface area contributed by atoms with Gasteiger partial charge in [-0.05, 0) is 29.8 Å². The summed E-state index contributed by atoms with van der Waals surface area (Å²) in [5.74, 6) is -1.77. The van der Waals surface area contributed by atoms with Crippen LogP contribution in [0.3, 0.4) is 0 Å². The molecule has 0 aliphatic rings. The SMILES string of the molecule is N=C(N)c1c(Cl)cccc1OCc1ccc(F)c(F)c1. The Morgan fingerprint density at radius 2 is 1.95 bits per heavy atom. The average molecular weight is 297 g/mol. The monoisotopic (exact) mass is 296 g/mol. The van der Waals surface area contributed by atoms with E-state index in [1.807, 2.05) is 0 Å². The van der Waals surface area contributed by atoms with Gasteiger partial charge in [0.2, 0.25) is 0 Å². The number of nitrogens with two attached hydrogens (primary N) is 1. The van der Waals surface area contributed by atoms with Crippen LogP contribution >= 0.6 is 11.6 Å². The first-order valence-corrected chi connectivity index (χ1v) is 6.06. The predicted molar refractivity (Wildman–Crippen MR) is 73.2 cm³/mol. The number of rotatable bonds is 4. The second-order valence-corrected chi connectivity index (χ2v) is 4.47. The summed E-state index contributed by atoms with van der Waals surface area (Å²) in [6.45, 7) is 0.0117. The van der Waals surface area contributed by atoms with Gasteiger partial charge in [-0.3, -0.25) is 5.41 Å². The van der Waals surface area contributed by atoms with Crippen molar-refractivity contribution in [1.29, 1.82) is 5.41 Å². The Hall–Kier alpha value is -2.14. The van der Waals surface area contributed by atoms with Crippen molar-refractivity contribution in [2.24, 2.45) is 5.73 Å². The first-order valence-electron chi connectivity index (χ1n) is 5.68. The lowest BCUT2D eigenvalue weighted by Crippen LogP contribution is -2.14. The van der Waals surface area contributed by atoms with Crippen molar-refractivity contribution in [1.82, 2.24) is 0 Å². The number of nitrogens with one attached hydrogen (secondary N) is 1. The molecule has 2 aromatic carbocycles. The highest BCUT2D eigenvalue weighted by atomic mass is 35.5. The summed E-state index contributed by atoms with van der Waals surface area (Å²) in [4.78, 5) is 0. The maximum absolute atomic E-state index is 13.1. The third kappa shape index (κ3) is 3.05. The van der Waals surface area contributed by atoms with E-state index in [4.69, 9.17) is 27.5 Å². The molecular weight excluding hydrogens is 286 g/mol. The molecule has 6 heteroatoms. The third-order valence-corrected chi connectivity index (χ3v) is 2.94. The highest BCUT2D eigenvalue weighted by molar-refractivity contribution is 6.34. The number of benzene rings is 2. The van der Waals surface area contributed by atoms with Gasteiger partial charge in [-0.25, -0.2) is 8.78 Å². The van der Waals surface area contributed by atoms with Gasteiger partial charge in [0, 0.05) is 0 Å². The first-order chi connectivity index (χ1) is 9.49. The molecule has 0 atom stereocenters. The second-order valence-electron chi connectivity index (χ2n) is 4.06. The molecule has 20 heavy (non-hydrogen) atoms. The number of amidine groups is 1. The number of halogens is 3. The Bertz CT molecular complexity index is 662. The lowest BCUT2D eigenvalue weighted by molar-refractivity contribution is 0.304. The molecule has 0 saturated heterocycles. The van der Waals surface area contributed by atoms with Crippen LogP contribution in [0.15, 0.2) is 36.4 Å². The molecule has 0 unspecified atom stereocenters. The van der Waals surface area contributed by atoms with Gasteiger partial charge < -0.3 is 10.5 Å². The molecule has 0 aromatic heterocycles. The van der Waals surface area contributed by atoms with Gasteiger partial charge in [-0.2, -0.15) is 0 Å². The van der Waals surface area contributed by atoms with Crippen molar-refractivity contribution in [2.75, 3.05) is 0 Å². The molecule has 3 N–H and O–H groups in total. The number of hydrogen-bond donors (Lipinski definition) is 2. The lowest BCUT2D eigenvalue weighted by Gasteiger charge is -2.12. The van der Waals surface area contributed by atoms with E-state index in [0.717, 1.165) is 12.1 Å². The number of hydrogen-bond acceptors (Lipinski definition) is 2. The van der Waals surface area contributed by atoms with E-state index >= 15 is 0 Å². The van der Waals surface area contributed by atoms with E-state index in [2.05, 4.69) is 0 Å². The van der Waals surface area contributed by atoms with Gasteiger partial charge in [0.05, 0.1) is 10.6 Å². The number of ether oxygens (including phenoxy) is 1. The van der Waals surface area contributed by atoms with E-state index in [9.17, 15) is 8.78 Å². The minimum atomic E-state index is -0.941. The van der Waals surface area contributed by atoms with E-state index in [-0.39, 0.29) is 18.0 Å². The molecule has 0 aliphatic heterocycles. The van der Waals surface area contributed by atoms with Crippen LogP contribution in [-0.4, -0.2) is 5.84 Å². The van der Waals surface area contributed by atoms with Crippen molar-refractivity contribution < 1.29 is 13.5 Å². The van der Waals surface area contributed by atoms with Crippen LogP contribution in [-0.2, 0) is 6.61 Å². The topological polar surface area (TPSA) is 59.1 Å². The van der Waals surface area contributed by atoms with E-state index in [0.29, 0.717) is 16.3 Å². The van der Waals surface area contributed by atoms with Crippen molar-refractivity contribution in [3.05, 3.63) is 64.2 Å². The van der Waals surface area contributed by atoms with Crippen LogP contribution in [0.5, 0.6) is 5.75 Å². The fourth-order valence-electron chi connectivity index (χ4n) is 1.68. The summed E-state index contributed by atoms with van der Waals surface area (Å²) in [5.41, 5.74) is 6.17. The average Bonchev–Trinajstić information content (AvgIpc) is 2.39. The fourth-order valence-corrected chi connectivity index (χ4v) is 1.94. The maximum atomic E-state index is 13.1. The second kappa shape index (κ2) is 5.88. The van der Waals surface area contributed by atoms with Gasteiger partial charge in [-0.15, -0.1) is 0 Å². The number of nitrogen functional groups attached to an aromatic ring is 1. The lowest BCUT2D eigenvalue weighted by atomic mass is 10.2. The Balaban J connectivity index is 2.21. The van der Waals surface area contributed by atoms with Crippen LogP contribution in [0.1, 0.15) is 11.1 Å². The molecule has 104 valence electrons. The molecule has 0 fully saturated rings. The zero-order chi connectivity index (χ0) is 14.7. The van der Waals surface area contributed by atoms with E-state index < -0.39 is 11.6 Å². The highest BCUT2D eigenvalue weighted by Crippen LogP contribution is 2.26. The van der Waals surface area contributed by atoms with Crippen LogP contribution in [0.4, 0.5) is 8.78 Å².